The van der Waals surface area contributed by atoms with Gasteiger partial charge in [0.25, 0.3) is 0 Å². The second kappa shape index (κ2) is 6.75. The number of nitrogens with one attached hydrogen (secondary N) is 1. The van der Waals surface area contributed by atoms with Crippen LogP contribution in [0, 0.1) is 13.8 Å². The summed E-state index contributed by atoms with van der Waals surface area (Å²) >= 11 is 0. The SMILES string of the molecule is COc1cccc(C(=O)C=CNc2cccc(C)c2C)c1. The minimum atomic E-state index is -0.0632. The molecule has 108 valence electrons. The van der Waals surface area contributed by atoms with E-state index in [1.807, 2.05) is 18.2 Å². The molecular formula is C18H19NO2. The van der Waals surface area contributed by atoms with Crippen molar-refractivity contribution in [3.8, 4) is 5.75 Å². The van der Waals surface area contributed by atoms with Gasteiger partial charge in [-0.1, -0.05) is 24.3 Å². The van der Waals surface area contributed by atoms with Crippen molar-refractivity contribution >= 4 is 11.5 Å². The fraction of sp³-hybridized carbons (Fsp3) is 0.167. The molecule has 0 bridgehead atoms. The Balaban J connectivity index is 2.07. The Morgan fingerprint density at radius 3 is 2.67 bits per heavy atom. The van der Waals surface area contributed by atoms with Crippen molar-refractivity contribution in [2.45, 2.75) is 13.8 Å². The average molecular weight is 281 g/mol. The highest BCUT2D eigenvalue weighted by Gasteiger charge is 2.03. The zero-order valence-corrected chi connectivity index (χ0v) is 12.5. The van der Waals surface area contributed by atoms with Crippen LogP contribution in [0.25, 0.3) is 0 Å². The van der Waals surface area contributed by atoms with Crippen molar-refractivity contribution < 1.29 is 9.53 Å². The van der Waals surface area contributed by atoms with E-state index >= 15 is 0 Å². The molecule has 3 heteroatoms. The lowest BCUT2D eigenvalue weighted by molar-refractivity contribution is 0.104. The Morgan fingerprint density at radius 2 is 1.90 bits per heavy atom. The third kappa shape index (κ3) is 3.72. The maximum absolute atomic E-state index is 12.1. The minimum absolute atomic E-state index is 0.0632. The summed E-state index contributed by atoms with van der Waals surface area (Å²) in [5.41, 5.74) is 4.00. The number of carbonyl (C=O) groups excluding carboxylic acids is 1. The third-order valence-electron chi connectivity index (χ3n) is 3.43. The van der Waals surface area contributed by atoms with Crippen molar-refractivity contribution in [2.24, 2.45) is 0 Å². The van der Waals surface area contributed by atoms with E-state index < -0.39 is 0 Å². The maximum atomic E-state index is 12.1. The van der Waals surface area contributed by atoms with Crippen LogP contribution in [0.3, 0.4) is 0 Å². The summed E-state index contributed by atoms with van der Waals surface area (Å²) in [5.74, 6) is 0.614. The van der Waals surface area contributed by atoms with Crippen molar-refractivity contribution in [1.29, 1.82) is 0 Å². The van der Waals surface area contributed by atoms with Crippen LogP contribution in [0.15, 0.2) is 54.7 Å². The number of anilines is 1. The molecule has 3 nitrogen and oxygen atoms in total. The molecule has 0 unspecified atom stereocenters. The predicted octanol–water partition coefficient (Wildman–Crippen LogP) is 4.12. The lowest BCUT2D eigenvalue weighted by atomic mass is 10.1. The van der Waals surface area contributed by atoms with Gasteiger partial charge in [-0.3, -0.25) is 4.79 Å². The normalized spacial score (nSPS) is 10.6. The van der Waals surface area contributed by atoms with Crippen molar-refractivity contribution in [2.75, 3.05) is 12.4 Å². The molecule has 2 rings (SSSR count). The van der Waals surface area contributed by atoms with E-state index in [1.54, 1.807) is 31.5 Å². The number of rotatable bonds is 5. The van der Waals surface area contributed by atoms with Crippen molar-refractivity contribution in [3.63, 3.8) is 0 Å². The summed E-state index contributed by atoms with van der Waals surface area (Å²) in [4.78, 5) is 12.1. The van der Waals surface area contributed by atoms with E-state index in [-0.39, 0.29) is 5.78 Å². The van der Waals surface area contributed by atoms with E-state index in [2.05, 4.69) is 25.2 Å². The predicted molar refractivity (Wildman–Crippen MR) is 86.0 cm³/mol. The van der Waals surface area contributed by atoms with Gasteiger partial charge in [-0.2, -0.15) is 0 Å². The highest BCUT2D eigenvalue weighted by Crippen LogP contribution is 2.18. The molecule has 0 saturated carbocycles. The van der Waals surface area contributed by atoms with Gasteiger partial charge < -0.3 is 10.1 Å². The second-order valence-corrected chi connectivity index (χ2v) is 4.82. The van der Waals surface area contributed by atoms with Crippen LogP contribution in [-0.4, -0.2) is 12.9 Å². The van der Waals surface area contributed by atoms with Gasteiger partial charge in [-0.25, -0.2) is 0 Å². The molecule has 0 aromatic heterocycles. The summed E-state index contributed by atoms with van der Waals surface area (Å²) in [6.45, 7) is 4.11. The summed E-state index contributed by atoms with van der Waals surface area (Å²) in [7, 11) is 1.58. The zero-order valence-electron chi connectivity index (χ0n) is 12.5. The monoisotopic (exact) mass is 281 g/mol. The first-order valence-corrected chi connectivity index (χ1v) is 6.79. The molecule has 0 saturated heterocycles. The van der Waals surface area contributed by atoms with E-state index in [0.29, 0.717) is 11.3 Å². The third-order valence-corrected chi connectivity index (χ3v) is 3.43. The Bertz CT molecular complexity index is 675. The van der Waals surface area contributed by atoms with Crippen LogP contribution in [0.4, 0.5) is 5.69 Å². The van der Waals surface area contributed by atoms with Gasteiger partial charge in [-0.15, -0.1) is 0 Å². The molecular weight excluding hydrogens is 262 g/mol. The van der Waals surface area contributed by atoms with Crippen LogP contribution in [-0.2, 0) is 0 Å². The largest absolute Gasteiger partial charge is 0.497 e. The van der Waals surface area contributed by atoms with Gasteiger partial charge in [-0.05, 0) is 43.2 Å². The Labute approximate surface area is 125 Å². The molecule has 21 heavy (non-hydrogen) atoms. The minimum Gasteiger partial charge on any atom is -0.497 e. The molecule has 0 amide bonds. The molecule has 0 radical (unpaired) electrons. The number of ketones is 1. The number of allylic oxidation sites excluding steroid dienone is 1. The quantitative estimate of drug-likeness (QED) is 0.662. The summed E-state index contributed by atoms with van der Waals surface area (Å²) in [6.07, 6.45) is 3.19. The molecule has 0 aliphatic carbocycles. The number of benzene rings is 2. The number of aryl methyl sites for hydroxylation is 1. The molecule has 0 aliphatic rings. The van der Waals surface area contributed by atoms with E-state index in [1.165, 1.54) is 17.2 Å². The summed E-state index contributed by atoms with van der Waals surface area (Å²) < 4.78 is 5.12. The number of carbonyl (C=O) groups is 1. The summed E-state index contributed by atoms with van der Waals surface area (Å²) in [6, 6.07) is 13.2. The number of methoxy groups -OCH3 is 1. The Hall–Kier alpha value is -2.55. The van der Waals surface area contributed by atoms with Gasteiger partial charge in [0, 0.05) is 23.5 Å². The smallest absolute Gasteiger partial charge is 0.187 e. The topological polar surface area (TPSA) is 38.3 Å². The number of hydrogen-bond acceptors (Lipinski definition) is 3. The first-order valence-electron chi connectivity index (χ1n) is 6.79. The lowest BCUT2D eigenvalue weighted by Crippen LogP contribution is -1.98. The Kier molecular flexibility index (Phi) is 4.77. The van der Waals surface area contributed by atoms with Gasteiger partial charge in [0.1, 0.15) is 5.75 Å². The molecule has 0 aliphatic heterocycles. The standard InChI is InChI=1S/C18H19NO2/c1-13-6-4-9-17(14(13)2)19-11-10-18(20)15-7-5-8-16(12-15)21-3/h4-12,19H,1-3H3. The fourth-order valence-electron chi connectivity index (χ4n) is 1.99. The van der Waals surface area contributed by atoms with Gasteiger partial charge in [0.2, 0.25) is 0 Å². The van der Waals surface area contributed by atoms with Crippen molar-refractivity contribution in [3.05, 3.63) is 71.4 Å². The molecule has 0 spiro atoms. The molecule has 0 atom stereocenters. The number of ether oxygens (including phenoxy) is 1. The van der Waals surface area contributed by atoms with Crippen molar-refractivity contribution in [1.82, 2.24) is 0 Å². The highest BCUT2D eigenvalue weighted by molar-refractivity contribution is 6.04. The average Bonchev–Trinajstić information content (AvgIpc) is 2.51. The zero-order chi connectivity index (χ0) is 15.2. The molecule has 2 aromatic carbocycles. The van der Waals surface area contributed by atoms with Crippen LogP contribution in [0.2, 0.25) is 0 Å². The van der Waals surface area contributed by atoms with Crippen LogP contribution in [0.1, 0.15) is 21.5 Å². The van der Waals surface area contributed by atoms with E-state index in [9.17, 15) is 4.79 Å². The Morgan fingerprint density at radius 1 is 1.14 bits per heavy atom. The van der Waals surface area contributed by atoms with Crippen LogP contribution in [0.5, 0.6) is 5.75 Å². The molecule has 0 heterocycles. The van der Waals surface area contributed by atoms with E-state index in [0.717, 1.165) is 5.69 Å². The first kappa shape index (κ1) is 14.9. The maximum Gasteiger partial charge on any atom is 0.187 e. The van der Waals surface area contributed by atoms with Crippen LogP contribution < -0.4 is 10.1 Å². The summed E-state index contributed by atoms with van der Waals surface area (Å²) in [5, 5.41) is 3.15. The highest BCUT2D eigenvalue weighted by atomic mass is 16.5. The van der Waals surface area contributed by atoms with E-state index in [4.69, 9.17) is 4.74 Å². The van der Waals surface area contributed by atoms with Gasteiger partial charge in [0.15, 0.2) is 5.78 Å². The van der Waals surface area contributed by atoms with Gasteiger partial charge >= 0.3 is 0 Å². The number of hydrogen-bond donors (Lipinski definition) is 1. The first-order chi connectivity index (χ1) is 10.1. The van der Waals surface area contributed by atoms with Crippen LogP contribution >= 0.6 is 0 Å². The molecule has 2 aromatic rings. The molecule has 0 fully saturated rings. The molecule has 1 N–H and O–H groups in total. The second-order valence-electron chi connectivity index (χ2n) is 4.82. The van der Waals surface area contributed by atoms with Gasteiger partial charge in [0.05, 0.1) is 7.11 Å². The fourth-order valence-corrected chi connectivity index (χ4v) is 1.99. The lowest BCUT2D eigenvalue weighted by Gasteiger charge is -2.07.